The van der Waals surface area contributed by atoms with Crippen LogP contribution in [-0.2, 0) is 9.59 Å². The molecule has 2 N–H and O–H groups in total. The summed E-state index contributed by atoms with van der Waals surface area (Å²) in [5, 5.41) is 6.12. The van der Waals surface area contributed by atoms with Crippen LogP contribution in [0, 0.1) is 11.8 Å². The van der Waals surface area contributed by atoms with E-state index in [4.69, 9.17) is 0 Å². The molecule has 0 bridgehead atoms. The lowest BCUT2D eigenvalue weighted by Crippen LogP contribution is -2.59. The average molecular weight is 280 g/mol. The molecule has 1 amide bonds. The van der Waals surface area contributed by atoms with Crippen molar-refractivity contribution in [2.75, 3.05) is 7.05 Å². The Hall–Kier alpha value is -0.900. The molecule has 0 aromatic heterocycles. The van der Waals surface area contributed by atoms with Gasteiger partial charge in [-0.25, -0.2) is 0 Å². The van der Waals surface area contributed by atoms with Crippen molar-refractivity contribution in [3.63, 3.8) is 0 Å². The lowest BCUT2D eigenvalue weighted by Gasteiger charge is -2.40. The zero-order valence-electron chi connectivity index (χ0n) is 12.8. The highest BCUT2D eigenvalue weighted by molar-refractivity contribution is 5.85. The van der Waals surface area contributed by atoms with Gasteiger partial charge >= 0.3 is 0 Å². The Kier molecular flexibility index (Phi) is 5.58. The van der Waals surface area contributed by atoms with E-state index >= 15 is 0 Å². The molecule has 2 aliphatic carbocycles. The van der Waals surface area contributed by atoms with Gasteiger partial charge in [-0.1, -0.05) is 25.7 Å². The maximum Gasteiger partial charge on any atom is 0.225 e. The lowest BCUT2D eigenvalue weighted by molar-refractivity contribution is -0.136. The normalized spacial score (nSPS) is 35.8. The Labute approximate surface area is 122 Å². The van der Waals surface area contributed by atoms with E-state index in [2.05, 4.69) is 10.6 Å². The summed E-state index contributed by atoms with van der Waals surface area (Å²) in [6, 6.07) is 1.01. The fourth-order valence-electron chi connectivity index (χ4n) is 3.77. The summed E-state index contributed by atoms with van der Waals surface area (Å²) < 4.78 is 0. The summed E-state index contributed by atoms with van der Waals surface area (Å²) in [6.45, 7) is 1.71. The molecule has 1 aliphatic heterocycles. The number of carbonyl (C=O) groups excluding carboxylic acids is 2. The number of β-lactam (4-membered cyclic amide) rings is 1. The minimum absolute atomic E-state index is 0.286. The van der Waals surface area contributed by atoms with E-state index in [1.165, 1.54) is 38.5 Å². The van der Waals surface area contributed by atoms with Gasteiger partial charge in [0.2, 0.25) is 5.91 Å². The molecule has 2 unspecified atom stereocenters. The lowest BCUT2D eigenvalue weighted by atomic mass is 9.78. The van der Waals surface area contributed by atoms with Crippen molar-refractivity contribution >= 4 is 11.7 Å². The van der Waals surface area contributed by atoms with Crippen LogP contribution in [-0.4, -0.2) is 30.8 Å². The highest BCUT2D eigenvalue weighted by Gasteiger charge is 2.39. The molecular formula is C16H28N2O2. The quantitative estimate of drug-likeness (QED) is 0.761. The number of Topliss-reactive ketones (excluding diaryl/α,β-unsaturated/α-hetero) is 1. The molecule has 2 saturated carbocycles. The van der Waals surface area contributed by atoms with Crippen LogP contribution < -0.4 is 10.6 Å². The summed E-state index contributed by atoms with van der Waals surface area (Å²) in [6.07, 6.45) is 9.67. The van der Waals surface area contributed by atoms with Crippen LogP contribution in [0.15, 0.2) is 0 Å². The molecule has 0 aromatic rings. The first-order chi connectivity index (χ1) is 9.63. The molecule has 4 heteroatoms. The summed E-state index contributed by atoms with van der Waals surface area (Å²) in [7, 11) is 1.95. The number of amides is 1. The van der Waals surface area contributed by atoms with Crippen molar-refractivity contribution in [2.45, 2.75) is 70.4 Å². The molecular weight excluding hydrogens is 252 g/mol. The second-order valence-electron chi connectivity index (χ2n) is 6.40. The average Bonchev–Trinajstić information content (AvgIpc) is 2.47. The Morgan fingerprint density at radius 2 is 1.75 bits per heavy atom. The number of rotatable bonds is 2. The maximum absolute atomic E-state index is 11.1. The molecule has 0 aromatic carbocycles. The smallest absolute Gasteiger partial charge is 0.225 e. The van der Waals surface area contributed by atoms with Crippen LogP contribution in [0.4, 0.5) is 0 Å². The van der Waals surface area contributed by atoms with Crippen LogP contribution in [0.5, 0.6) is 0 Å². The number of fused-ring (bicyclic) bond motifs is 1. The Morgan fingerprint density at radius 1 is 1.10 bits per heavy atom. The summed E-state index contributed by atoms with van der Waals surface area (Å²) >= 11 is 0. The van der Waals surface area contributed by atoms with Crippen molar-refractivity contribution in [1.29, 1.82) is 0 Å². The molecule has 1 saturated heterocycles. The third-order valence-corrected chi connectivity index (χ3v) is 5.09. The number of hydrogen-bond acceptors (Lipinski definition) is 3. The second-order valence-corrected chi connectivity index (χ2v) is 6.40. The molecule has 3 fully saturated rings. The van der Waals surface area contributed by atoms with E-state index < -0.39 is 0 Å². The van der Waals surface area contributed by atoms with E-state index in [1.54, 1.807) is 6.92 Å². The van der Waals surface area contributed by atoms with Crippen molar-refractivity contribution in [2.24, 2.45) is 11.8 Å². The molecule has 1 heterocycles. The Bertz CT molecular complexity index is 356. The molecule has 0 radical (unpaired) electrons. The first-order valence-electron chi connectivity index (χ1n) is 8.11. The van der Waals surface area contributed by atoms with Gasteiger partial charge in [0, 0.05) is 18.0 Å². The summed E-state index contributed by atoms with van der Waals surface area (Å²) in [4.78, 5) is 21.9. The molecule has 114 valence electrons. The largest absolute Gasteiger partial charge is 0.352 e. The minimum atomic E-state index is 0.286. The number of hydrogen-bond donors (Lipinski definition) is 2. The fraction of sp³-hybridized carbons (Fsp3) is 0.875. The molecule has 4 atom stereocenters. The third kappa shape index (κ3) is 3.60. The van der Waals surface area contributed by atoms with Crippen LogP contribution in [0.2, 0.25) is 0 Å². The zero-order chi connectivity index (χ0) is 14.5. The standard InChI is InChI=1S/C9H17NO.C7H11NO/c1-7(11)8-5-3-4-6-9(8)10-2;9-7-5-3-1-2-4-6(5)8-7/h8-10H,3-6H2,1-2H3;5-6H,1-4H2,(H,8,9)/t8-,9?;5-,6?/m01/s1. The van der Waals surface area contributed by atoms with E-state index in [0.29, 0.717) is 29.7 Å². The molecule has 3 aliphatic rings. The molecule has 3 rings (SSSR count). The van der Waals surface area contributed by atoms with Crippen LogP contribution in [0.3, 0.4) is 0 Å². The van der Waals surface area contributed by atoms with Gasteiger partial charge in [-0.15, -0.1) is 0 Å². The van der Waals surface area contributed by atoms with E-state index in [0.717, 1.165) is 12.8 Å². The van der Waals surface area contributed by atoms with Gasteiger partial charge in [0.05, 0.1) is 5.92 Å². The van der Waals surface area contributed by atoms with Gasteiger partial charge in [-0.3, -0.25) is 9.59 Å². The predicted octanol–water partition coefficient (Wildman–Crippen LogP) is 2.03. The van der Waals surface area contributed by atoms with Crippen molar-refractivity contribution in [3.8, 4) is 0 Å². The van der Waals surface area contributed by atoms with Gasteiger partial charge in [-0.05, 0) is 39.7 Å². The van der Waals surface area contributed by atoms with Gasteiger partial charge in [-0.2, -0.15) is 0 Å². The second kappa shape index (κ2) is 7.21. The monoisotopic (exact) mass is 280 g/mol. The van der Waals surface area contributed by atoms with Crippen molar-refractivity contribution < 1.29 is 9.59 Å². The van der Waals surface area contributed by atoms with E-state index in [1.807, 2.05) is 7.05 Å². The summed E-state index contributed by atoms with van der Waals surface area (Å²) in [5.41, 5.74) is 0. The highest BCUT2D eigenvalue weighted by Crippen LogP contribution is 2.30. The molecule has 4 nitrogen and oxygen atoms in total. The van der Waals surface area contributed by atoms with Crippen molar-refractivity contribution in [3.05, 3.63) is 0 Å². The minimum Gasteiger partial charge on any atom is -0.352 e. The van der Waals surface area contributed by atoms with Gasteiger partial charge < -0.3 is 10.6 Å². The highest BCUT2D eigenvalue weighted by atomic mass is 16.2. The van der Waals surface area contributed by atoms with Crippen LogP contribution in [0.25, 0.3) is 0 Å². The third-order valence-electron chi connectivity index (χ3n) is 5.09. The van der Waals surface area contributed by atoms with E-state index in [-0.39, 0.29) is 5.92 Å². The molecule has 0 spiro atoms. The molecule has 20 heavy (non-hydrogen) atoms. The van der Waals surface area contributed by atoms with Crippen LogP contribution >= 0.6 is 0 Å². The zero-order valence-corrected chi connectivity index (χ0v) is 12.8. The Balaban J connectivity index is 0.000000149. The predicted molar refractivity (Wildman–Crippen MR) is 79.4 cm³/mol. The number of carbonyl (C=O) groups is 2. The van der Waals surface area contributed by atoms with E-state index in [9.17, 15) is 9.59 Å². The van der Waals surface area contributed by atoms with Gasteiger partial charge in [0.1, 0.15) is 5.78 Å². The van der Waals surface area contributed by atoms with Crippen LogP contribution in [0.1, 0.15) is 58.3 Å². The summed E-state index contributed by atoms with van der Waals surface area (Å²) in [5.74, 6) is 1.33. The maximum atomic E-state index is 11.1. The Morgan fingerprint density at radius 3 is 2.25 bits per heavy atom. The number of ketones is 1. The first-order valence-corrected chi connectivity index (χ1v) is 8.11. The van der Waals surface area contributed by atoms with Gasteiger partial charge in [0.25, 0.3) is 0 Å². The fourth-order valence-corrected chi connectivity index (χ4v) is 3.77. The van der Waals surface area contributed by atoms with Gasteiger partial charge in [0.15, 0.2) is 0 Å². The topological polar surface area (TPSA) is 58.2 Å². The first kappa shape index (κ1) is 15.5. The number of nitrogens with one attached hydrogen (secondary N) is 2. The van der Waals surface area contributed by atoms with Crippen molar-refractivity contribution in [1.82, 2.24) is 10.6 Å². The SMILES string of the molecule is CNC1CCCC[C@H]1C(C)=O.O=C1NC2CCCC[C@@H]12.